The third-order valence-electron chi connectivity index (χ3n) is 6.02. The molecule has 1 aromatic heterocycles. The first-order chi connectivity index (χ1) is 16.1. The maximum absolute atomic E-state index is 12.5. The number of rotatable bonds is 6. The van der Waals surface area contributed by atoms with Crippen LogP contribution >= 0.6 is 0 Å². The summed E-state index contributed by atoms with van der Waals surface area (Å²) in [6.45, 7) is 6.68. The van der Waals surface area contributed by atoms with E-state index in [1.54, 1.807) is 4.90 Å². The Bertz CT molecular complexity index is 940. The third kappa shape index (κ3) is 6.34. The van der Waals surface area contributed by atoms with Crippen LogP contribution in [0.1, 0.15) is 30.5 Å². The van der Waals surface area contributed by atoms with Gasteiger partial charge in [-0.25, -0.2) is 9.78 Å². The molecule has 0 radical (unpaired) electrons. The zero-order valence-corrected chi connectivity index (χ0v) is 19.2. The van der Waals surface area contributed by atoms with Gasteiger partial charge in [0.1, 0.15) is 19.0 Å². The van der Waals surface area contributed by atoms with Crippen molar-refractivity contribution in [1.82, 2.24) is 20.2 Å². The van der Waals surface area contributed by atoms with Crippen molar-refractivity contribution in [3.05, 3.63) is 47.7 Å². The Morgan fingerprint density at radius 3 is 2.39 bits per heavy atom. The zero-order chi connectivity index (χ0) is 23.0. The van der Waals surface area contributed by atoms with Crippen LogP contribution in [-0.4, -0.2) is 72.7 Å². The molecule has 33 heavy (non-hydrogen) atoms. The third-order valence-corrected chi connectivity index (χ3v) is 6.02. The normalized spacial score (nSPS) is 16.5. The number of carbonyl (C=O) groups excluding carboxylic acids is 2. The molecule has 2 aliphatic heterocycles. The van der Waals surface area contributed by atoms with E-state index in [4.69, 9.17) is 9.72 Å². The van der Waals surface area contributed by atoms with Crippen molar-refractivity contribution in [2.24, 2.45) is 0 Å². The molecule has 2 fully saturated rings. The van der Waals surface area contributed by atoms with Crippen LogP contribution in [0.2, 0.25) is 0 Å². The second kappa shape index (κ2) is 11.0. The number of amides is 2. The molecular formula is C24H32N6O3. The Morgan fingerprint density at radius 1 is 0.939 bits per heavy atom. The van der Waals surface area contributed by atoms with Crippen LogP contribution in [0.4, 0.5) is 16.6 Å². The van der Waals surface area contributed by atoms with Crippen LogP contribution in [0.3, 0.4) is 0 Å². The lowest BCUT2D eigenvalue weighted by molar-refractivity contribution is -0.130. The Balaban J connectivity index is 1.23. The number of alkyl carbamates (subject to hydrolysis) is 1. The summed E-state index contributed by atoms with van der Waals surface area (Å²) in [6.07, 6.45) is 3.04. The highest BCUT2D eigenvalue weighted by atomic mass is 16.5. The van der Waals surface area contributed by atoms with E-state index < -0.39 is 6.09 Å². The van der Waals surface area contributed by atoms with Crippen LogP contribution in [0, 0.1) is 6.92 Å². The summed E-state index contributed by atoms with van der Waals surface area (Å²) >= 11 is 0. The number of aryl methyl sites for hydroxylation is 1. The molecule has 1 N–H and O–H groups in total. The number of carbonyl (C=O) groups is 2. The van der Waals surface area contributed by atoms with Crippen molar-refractivity contribution in [3.63, 3.8) is 0 Å². The first-order valence-electron chi connectivity index (χ1n) is 11.7. The highest BCUT2D eigenvalue weighted by Gasteiger charge is 2.24. The van der Waals surface area contributed by atoms with Crippen molar-refractivity contribution >= 4 is 23.8 Å². The summed E-state index contributed by atoms with van der Waals surface area (Å²) in [7, 11) is 0. The predicted molar refractivity (Wildman–Crippen MR) is 126 cm³/mol. The minimum absolute atomic E-state index is 0.0701. The molecule has 3 heterocycles. The van der Waals surface area contributed by atoms with Gasteiger partial charge in [-0.1, -0.05) is 30.3 Å². The van der Waals surface area contributed by atoms with Gasteiger partial charge in [-0.3, -0.25) is 4.79 Å². The van der Waals surface area contributed by atoms with E-state index in [9.17, 15) is 9.59 Å². The molecular weight excluding hydrogens is 420 g/mol. The summed E-state index contributed by atoms with van der Waals surface area (Å²) in [5.41, 5.74) is 1.86. The van der Waals surface area contributed by atoms with Crippen LogP contribution in [0.15, 0.2) is 36.4 Å². The molecule has 2 saturated heterocycles. The van der Waals surface area contributed by atoms with Crippen molar-refractivity contribution in [2.45, 2.75) is 32.8 Å². The molecule has 9 nitrogen and oxygen atoms in total. The molecule has 2 aliphatic rings. The van der Waals surface area contributed by atoms with Gasteiger partial charge >= 0.3 is 6.09 Å². The van der Waals surface area contributed by atoms with Crippen molar-refractivity contribution in [1.29, 1.82) is 0 Å². The Morgan fingerprint density at radius 2 is 1.67 bits per heavy atom. The van der Waals surface area contributed by atoms with Gasteiger partial charge in [0.15, 0.2) is 0 Å². The molecule has 0 aliphatic carbocycles. The molecule has 4 rings (SSSR count). The number of nitrogens with one attached hydrogen (secondary N) is 1. The summed E-state index contributed by atoms with van der Waals surface area (Å²) < 4.78 is 5.17. The van der Waals surface area contributed by atoms with Gasteiger partial charge < -0.3 is 24.8 Å². The summed E-state index contributed by atoms with van der Waals surface area (Å²) in [6, 6.07) is 11.4. The van der Waals surface area contributed by atoms with Crippen LogP contribution in [0.5, 0.6) is 0 Å². The topological polar surface area (TPSA) is 90.9 Å². The minimum atomic E-state index is -0.590. The maximum Gasteiger partial charge on any atom is 0.407 e. The minimum Gasteiger partial charge on any atom is -0.445 e. The second-order valence-electron chi connectivity index (χ2n) is 8.50. The smallest absolute Gasteiger partial charge is 0.407 e. The van der Waals surface area contributed by atoms with E-state index in [0.29, 0.717) is 26.2 Å². The Kier molecular flexibility index (Phi) is 7.59. The summed E-state index contributed by atoms with van der Waals surface area (Å²) in [5, 5.41) is 2.55. The fourth-order valence-electron chi connectivity index (χ4n) is 4.15. The SMILES string of the molecule is Cc1cc(N2CCN(C(=O)CNC(=O)OCc3ccccc3)CC2)nc(N2CCCCC2)n1. The quantitative estimate of drug-likeness (QED) is 0.719. The number of piperidine rings is 1. The van der Waals surface area contributed by atoms with E-state index in [1.807, 2.05) is 43.3 Å². The van der Waals surface area contributed by atoms with Crippen molar-refractivity contribution in [3.8, 4) is 0 Å². The van der Waals surface area contributed by atoms with Crippen LogP contribution < -0.4 is 15.1 Å². The van der Waals surface area contributed by atoms with Crippen LogP contribution in [-0.2, 0) is 16.1 Å². The summed E-state index contributed by atoms with van der Waals surface area (Å²) in [4.78, 5) is 40.1. The number of ether oxygens (including phenoxy) is 1. The van der Waals surface area contributed by atoms with E-state index >= 15 is 0 Å². The number of piperazine rings is 1. The molecule has 0 unspecified atom stereocenters. The lowest BCUT2D eigenvalue weighted by Gasteiger charge is -2.36. The standard InChI is InChI=1S/C24H32N6O3/c1-19-16-21(27-23(26-19)30-10-6-3-7-11-30)28-12-14-29(15-13-28)22(31)17-25-24(32)33-18-20-8-4-2-5-9-20/h2,4-5,8-9,16H,3,6-7,10-15,17-18H2,1H3,(H,25,32). The van der Waals surface area contributed by atoms with Gasteiger partial charge in [-0.2, -0.15) is 4.98 Å². The highest BCUT2D eigenvalue weighted by Crippen LogP contribution is 2.21. The maximum atomic E-state index is 12.5. The first kappa shape index (κ1) is 22.8. The van der Waals surface area contributed by atoms with Gasteiger partial charge in [0.05, 0.1) is 0 Å². The number of anilines is 2. The first-order valence-corrected chi connectivity index (χ1v) is 11.7. The molecule has 176 valence electrons. The van der Waals surface area contributed by atoms with E-state index in [2.05, 4.69) is 20.1 Å². The molecule has 2 aromatic rings. The largest absolute Gasteiger partial charge is 0.445 e. The van der Waals surface area contributed by atoms with Gasteiger partial charge in [-0.05, 0) is 31.7 Å². The van der Waals surface area contributed by atoms with Crippen molar-refractivity contribution in [2.75, 3.05) is 55.6 Å². The fourth-order valence-corrected chi connectivity index (χ4v) is 4.15. The fraction of sp³-hybridized carbons (Fsp3) is 0.500. The summed E-state index contributed by atoms with van der Waals surface area (Å²) in [5.74, 6) is 1.61. The highest BCUT2D eigenvalue weighted by molar-refractivity contribution is 5.82. The number of nitrogens with zero attached hydrogens (tertiary/aromatic N) is 5. The molecule has 0 saturated carbocycles. The predicted octanol–water partition coefficient (Wildman–Crippen LogP) is 2.35. The molecule has 0 atom stereocenters. The van der Waals surface area contributed by atoms with E-state index in [1.165, 1.54) is 19.3 Å². The van der Waals surface area contributed by atoms with Gasteiger partial charge in [0.2, 0.25) is 11.9 Å². The lowest BCUT2D eigenvalue weighted by atomic mass is 10.1. The molecule has 9 heteroatoms. The number of hydrogen-bond donors (Lipinski definition) is 1. The van der Waals surface area contributed by atoms with Crippen molar-refractivity contribution < 1.29 is 14.3 Å². The average molecular weight is 453 g/mol. The van der Waals surface area contributed by atoms with E-state index in [0.717, 1.165) is 36.1 Å². The van der Waals surface area contributed by atoms with Gasteiger partial charge in [0.25, 0.3) is 0 Å². The van der Waals surface area contributed by atoms with Gasteiger partial charge in [-0.15, -0.1) is 0 Å². The molecule has 1 aromatic carbocycles. The number of hydrogen-bond acceptors (Lipinski definition) is 7. The van der Waals surface area contributed by atoms with Gasteiger partial charge in [0, 0.05) is 51.0 Å². The lowest BCUT2D eigenvalue weighted by Crippen LogP contribution is -2.51. The Labute approximate surface area is 194 Å². The Hall–Kier alpha value is -3.36. The molecule has 0 spiro atoms. The number of benzene rings is 1. The molecule has 2 amide bonds. The second-order valence-corrected chi connectivity index (χ2v) is 8.50. The van der Waals surface area contributed by atoms with Crippen LogP contribution in [0.25, 0.3) is 0 Å². The average Bonchev–Trinajstić information content (AvgIpc) is 2.87. The number of aromatic nitrogens is 2. The van der Waals surface area contributed by atoms with E-state index in [-0.39, 0.29) is 19.1 Å². The zero-order valence-electron chi connectivity index (χ0n) is 19.2. The monoisotopic (exact) mass is 452 g/mol. The molecule has 0 bridgehead atoms.